The van der Waals surface area contributed by atoms with E-state index in [4.69, 9.17) is 10.5 Å². The SMILES string of the molecule is CC(C)(C)N[C@@H]1CC[C@H](N2CC[C@H](N)C2=O)[C@H](NC(=O)OCC[Si](C)(C)C)C1. The molecule has 1 saturated carbocycles. The van der Waals surface area contributed by atoms with Crippen LogP contribution in [-0.2, 0) is 9.53 Å². The largest absolute Gasteiger partial charge is 0.450 e. The Bertz CT molecular complexity index is 559. The molecule has 0 aromatic rings. The van der Waals surface area contributed by atoms with E-state index in [-0.39, 0.29) is 29.6 Å². The maximum absolute atomic E-state index is 12.5. The molecule has 0 unspecified atom stereocenters. The predicted octanol–water partition coefficient (Wildman–Crippen LogP) is 2.29. The minimum Gasteiger partial charge on any atom is -0.450 e. The molecule has 1 saturated heterocycles. The molecule has 0 spiro atoms. The lowest BCUT2D eigenvalue weighted by Gasteiger charge is -2.43. The Hall–Kier alpha value is -1.12. The Labute approximate surface area is 171 Å². The second-order valence-electron chi connectivity index (χ2n) is 10.6. The summed E-state index contributed by atoms with van der Waals surface area (Å²) in [6, 6.07) is 0.706. The molecule has 1 heterocycles. The molecule has 8 heteroatoms. The first-order valence-corrected chi connectivity index (χ1v) is 14.3. The lowest BCUT2D eigenvalue weighted by molar-refractivity contribution is -0.132. The van der Waals surface area contributed by atoms with Crippen LogP contribution in [0.2, 0.25) is 25.7 Å². The van der Waals surface area contributed by atoms with Crippen LogP contribution in [0, 0.1) is 0 Å². The first-order chi connectivity index (χ1) is 12.9. The van der Waals surface area contributed by atoms with Crippen LogP contribution in [0.25, 0.3) is 0 Å². The predicted molar refractivity (Wildman–Crippen MR) is 115 cm³/mol. The quantitative estimate of drug-likeness (QED) is 0.582. The molecular weight excluding hydrogens is 372 g/mol. The van der Waals surface area contributed by atoms with Crippen molar-refractivity contribution in [1.82, 2.24) is 15.5 Å². The zero-order chi connectivity index (χ0) is 21.1. The van der Waals surface area contributed by atoms with Crippen molar-refractivity contribution in [1.29, 1.82) is 0 Å². The van der Waals surface area contributed by atoms with E-state index in [9.17, 15) is 9.59 Å². The Balaban J connectivity index is 2.01. The van der Waals surface area contributed by atoms with Gasteiger partial charge in [-0.05, 0) is 52.5 Å². The second kappa shape index (κ2) is 9.13. The van der Waals surface area contributed by atoms with Gasteiger partial charge in [-0.25, -0.2) is 4.79 Å². The van der Waals surface area contributed by atoms with Gasteiger partial charge in [0.05, 0.1) is 24.7 Å². The molecule has 2 rings (SSSR count). The van der Waals surface area contributed by atoms with Crippen molar-refractivity contribution in [3.8, 4) is 0 Å². The number of likely N-dealkylation sites (tertiary alicyclic amines) is 1. The van der Waals surface area contributed by atoms with E-state index >= 15 is 0 Å². The maximum Gasteiger partial charge on any atom is 0.407 e. The molecule has 1 aliphatic carbocycles. The molecule has 0 aromatic carbocycles. The van der Waals surface area contributed by atoms with Crippen LogP contribution in [0.1, 0.15) is 46.5 Å². The molecule has 4 atom stereocenters. The van der Waals surface area contributed by atoms with E-state index in [1.54, 1.807) is 0 Å². The smallest absolute Gasteiger partial charge is 0.407 e. The summed E-state index contributed by atoms with van der Waals surface area (Å²) in [4.78, 5) is 26.8. The number of nitrogens with one attached hydrogen (secondary N) is 2. The molecule has 0 radical (unpaired) electrons. The Kier molecular flexibility index (Phi) is 7.55. The zero-order valence-corrected chi connectivity index (χ0v) is 19.5. The van der Waals surface area contributed by atoms with Crippen molar-refractivity contribution in [2.75, 3.05) is 13.2 Å². The lowest BCUT2D eigenvalue weighted by atomic mass is 9.84. The Morgan fingerprint density at radius 2 is 1.93 bits per heavy atom. The number of amides is 2. The van der Waals surface area contributed by atoms with Crippen molar-refractivity contribution in [3.05, 3.63) is 0 Å². The first kappa shape index (κ1) is 23.2. The third kappa shape index (κ3) is 7.04. The van der Waals surface area contributed by atoms with E-state index in [1.807, 2.05) is 4.90 Å². The van der Waals surface area contributed by atoms with Crippen LogP contribution >= 0.6 is 0 Å². The lowest BCUT2D eigenvalue weighted by Crippen LogP contribution is -2.59. The van der Waals surface area contributed by atoms with Gasteiger partial charge in [-0.1, -0.05) is 19.6 Å². The van der Waals surface area contributed by atoms with Gasteiger partial charge < -0.3 is 26.0 Å². The second-order valence-corrected chi connectivity index (χ2v) is 16.2. The van der Waals surface area contributed by atoms with Gasteiger partial charge in [-0.15, -0.1) is 0 Å². The van der Waals surface area contributed by atoms with Crippen molar-refractivity contribution < 1.29 is 14.3 Å². The third-order valence-corrected chi connectivity index (χ3v) is 7.23. The molecule has 4 N–H and O–H groups in total. The van der Waals surface area contributed by atoms with Crippen LogP contribution in [-0.4, -0.2) is 67.8 Å². The minimum absolute atomic E-state index is 0.00567. The van der Waals surface area contributed by atoms with Crippen molar-refractivity contribution in [2.45, 2.75) is 102 Å². The van der Waals surface area contributed by atoms with Crippen LogP contribution < -0.4 is 16.4 Å². The van der Waals surface area contributed by atoms with E-state index in [1.165, 1.54) is 0 Å². The summed E-state index contributed by atoms with van der Waals surface area (Å²) in [5, 5.41) is 6.70. The average molecular weight is 413 g/mol. The van der Waals surface area contributed by atoms with Gasteiger partial charge >= 0.3 is 6.09 Å². The summed E-state index contributed by atoms with van der Waals surface area (Å²) in [6.07, 6.45) is 2.92. The van der Waals surface area contributed by atoms with Gasteiger partial charge in [0, 0.05) is 26.2 Å². The molecule has 1 aliphatic heterocycles. The van der Waals surface area contributed by atoms with Gasteiger partial charge in [0.15, 0.2) is 0 Å². The number of alkyl carbamates (subject to hydrolysis) is 1. The molecule has 28 heavy (non-hydrogen) atoms. The number of carbonyl (C=O) groups is 2. The fourth-order valence-corrected chi connectivity index (χ4v) is 4.84. The monoisotopic (exact) mass is 412 g/mol. The summed E-state index contributed by atoms with van der Waals surface area (Å²) < 4.78 is 5.45. The van der Waals surface area contributed by atoms with Crippen LogP contribution in [0.4, 0.5) is 4.79 Å². The summed E-state index contributed by atoms with van der Waals surface area (Å²) in [7, 11) is -1.25. The Morgan fingerprint density at radius 3 is 2.46 bits per heavy atom. The maximum atomic E-state index is 12.5. The summed E-state index contributed by atoms with van der Waals surface area (Å²) in [6.45, 7) is 14.4. The first-order valence-electron chi connectivity index (χ1n) is 10.6. The fraction of sp³-hybridized carbons (Fsp3) is 0.900. The van der Waals surface area contributed by atoms with Gasteiger partial charge in [-0.2, -0.15) is 0 Å². The van der Waals surface area contributed by atoms with Crippen LogP contribution in [0.15, 0.2) is 0 Å². The summed E-state index contributed by atoms with van der Waals surface area (Å²) >= 11 is 0. The summed E-state index contributed by atoms with van der Waals surface area (Å²) in [5.41, 5.74) is 5.93. The van der Waals surface area contributed by atoms with E-state index in [0.29, 0.717) is 25.6 Å². The third-order valence-electron chi connectivity index (χ3n) is 5.52. The van der Waals surface area contributed by atoms with Gasteiger partial charge in [-0.3, -0.25) is 4.79 Å². The number of nitrogens with zero attached hydrogens (tertiary/aromatic N) is 1. The molecular formula is C20H40N4O3Si. The van der Waals surface area contributed by atoms with E-state index < -0.39 is 14.1 Å². The van der Waals surface area contributed by atoms with Crippen LogP contribution in [0.3, 0.4) is 0 Å². The molecule has 0 aromatic heterocycles. The summed E-state index contributed by atoms with van der Waals surface area (Å²) in [5.74, 6) is 0.00568. The highest BCUT2D eigenvalue weighted by atomic mass is 28.3. The topological polar surface area (TPSA) is 96.7 Å². The highest BCUT2D eigenvalue weighted by Crippen LogP contribution is 2.28. The fourth-order valence-electron chi connectivity index (χ4n) is 4.12. The number of hydrogen-bond donors (Lipinski definition) is 3. The highest BCUT2D eigenvalue weighted by Gasteiger charge is 2.41. The van der Waals surface area contributed by atoms with Crippen molar-refractivity contribution in [3.63, 3.8) is 0 Å². The van der Waals surface area contributed by atoms with Crippen molar-refractivity contribution >= 4 is 20.1 Å². The molecule has 2 amide bonds. The highest BCUT2D eigenvalue weighted by molar-refractivity contribution is 6.76. The molecule has 162 valence electrons. The standard InChI is InChI=1S/C20H40N4O3Si/c1-20(2,3)23-14-7-8-17(24-10-9-15(21)18(24)25)16(13-14)22-19(26)27-11-12-28(4,5)6/h14-17,23H,7-13,21H2,1-6H3,(H,22,26)/t14-,15+,16-,17+/m1/s1. The van der Waals surface area contributed by atoms with Crippen molar-refractivity contribution in [2.24, 2.45) is 5.73 Å². The molecule has 7 nitrogen and oxygen atoms in total. The number of nitrogens with two attached hydrogens (primary N) is 1. The number of hydrogen-bond acceptors (Lipinski definition) is 5. The van der Waals surface area contributed by atoms with E-state index in [2.05, 4.69) is 51.0 Å². The number of ether oxygens (including phenoxy) is 1. The average Bonchev–Trinajstić information content (AvgIpc) is 2.84. The van der Waals surface area contributed by atoms with E-state index in [0.717, 1.165) is 25.3 Å². The molecule has 0 bridgehead atoms. The van der Waals surface area contributed by atoms with Gasteiger partial charge in [0.2, 0.25) is 5.91 Å². The Morgan fingerprint density at radius 1 is 1.25 bits per heavy atom. The zero-order valence-electron chi connectivity index (χ0n) is 18.5. The van der Waals surface area contributed by atoms with Gasteiger partial charge in [0.1, 0.15) is 0 Å². The molecule has 2 aliphatic rings. The normalized spacial score (nSPS) is 29.1. The molecule has 2 fully saturated rings. The number of rotatable bonds is 6. The van der Waals surface area contributed by atoms with Crippen LogP contribution in [0.5, 0.6) is 0 Å². The number of carbonyl (C=O) groups excluding carboxylic acids is 2. The van der Waals surface area contributed by atoms with Gasteiger partial charge in [0.25, 0.3) is 0 Å². The minimum atomic E-state index is -1.25.